The van der Waals surface area contributed by atoms with Gasteiger partial charge in [-0.25, -0.2) is 4.39 Å². The molecule has 0 N–H and O–H groups in total. The summed E-state index contributed by atoms with van der Waals surface area (Å²) >= 11 is 0. The molecule has 3 rings (SSSR count). The molecule has 1 fully saturated rings. The molecule has 1 aromatic heterocycles. The fourth-order valence-corrected chi connectivity index (χ4v) is 2.77. The lowest BCUT2D eigenvalue weighted by Gasteiger charge is -2.02. The van der Waals surface area contributed by atoms with Crippen LogP contribution in [0.4, 0.5) is 4.39 Å². The van der Waals surface area contributed by atoms with Crippen molar-refractivity contribution in [2.45, 2.75) is 32.1 Å². The first-order valence-electron chi connectivity index (χ1n) is 6.71. The highest BCUT2D eigenvalue weighted by Crippen LogP contribution is 2.37. The first-order chi connectivity index (χ1) is 9.69. The van der Waals surface area contributed by atoms with Crippen LogP contribution < -0.4 is 0 Å². The van der Waals surface area contributed by atoms with Gasteiger partial charge in [0.1, 0.15) is 17.4 Å². The molecule has 102 valence electrons. The predicted molar refractivity (Wildman–Crippen MR) is 70.2 cm³/mol. The highest BCUT2D eigenvalue weighted by atomic mass is 19.1. The van der Waals surface area contributed by atoms with Crippen LogP contribution >= 0.6 is 0 Å². The van der Waals surface area contributed by atoms with Crippen molar-refractivity contribution in [3.8, 4) is 17.5 Å². The molecule has 5 heteroatoms. The Morgan fingerprint density at radius 3 is 2.95 bits per heavy atom. The first kappa shape index (κ1) is 12.8. The van der Waals surface area contributed by atoms with Crippen LogP contribution in [0.15, 0.2) is 22.7 Å². The van der Waals surface area contributed by atoms with Gasteiger partial charge in [0.25, 0.3) is 5.89 Å². The van der Waals surface area contributed by atoms with Crippen LogP contribution in [0.2, 0.25) is 0 Å². The normalized spacial score (nSPS) is 21.9. The maximum Gasteiger partial charge on any atom is 0.259 e. The van der Waals surface area contributed by atoms with Gasteiger partial charge in [0.15, 0.2) is 5.82 Å². The van der Waals surface area contributed by atoms with E-state index in [1.165, 1.54) is 12.1 Å². The predicted octanol–water partition coefficient (Wildman–Crippen LogP) is 3.65. The zero-order chi connectivity index (χ0) is 14.1. The Morgan fingerprint density at radius 2 is 2.25 bits per heavy atom. The molecule has 1 aromatic carbocycles. The van der Waals surface area contributed by atoms with Crippen LogP contribution in [0.1, 0.15) is 43.5 Å². The molecule has 0 saturated heterocycles. The second kappa shape index (κ2) is 5.04. The van der Waals surface area contributed by atoms with Crippen molar-refractivity contribution in [3.63, 3.8) is 0 Å². The van der Waals surface area contributed by atoms with E-state index in [9.17, 15) is 4.39 Å². The van der Waals surface area contributed by atoms with E-state index in [4.69, 9.17) is 9.78 Å². The molecule has 0 spiro atoms. The summed E-state index contributed by atoms with van der Waals surface area (Å²) in [5, 5.41) is 13.0. The van der Waals surface area contributed by atoms with E-state index in [-0.39, 0.29) is 11.5 Å². The fraction of sp³-hybridized carbons (Fsp3) is 0.400. The Morgan fingerprint density at radius 1 is 1.40 bits per heavy atom. The summed E-state index contributed by atoms with van der Waals surface area (Å²) in [4.78, 5) is 4.35. The minimum Gasteiger partial charge on any atom is -0.334 e. The fourth-order valence-electron chi connectivity index (χ4n) is 2.77. The number of hydrogen-bond acceptors (Lipinski definition) is 4. The standard InChI is InChI=1S/C15H14FN3O/c1-9-5-6-10(7-9)14-18-15(20-19-14)11-3-2-4-13(16)12(11)8-17/h2-4,9-10H,5-7H2,1H3. The van der Waals surface area contributed by atoms with Gasteiger partial charge in [-0.3, -0.25) is 0 Å². The van der Waals surface area contributed by atoms with Gasteiger partial charge < -0.3 is 4.52 Å². The maximum absolute atomic E-state index is 13.6. The summed E-state index contributed by atoms with van der Waals surface area (Å²) in [7, 11) is 0. The lowest BCUT2D eigenvalue weighted by molar-refractivity contribution is 0.414. The van der Waals surface area contributed by atoms with Crippen LogP contribution in [-0.4, -0.2) is 10.1 Å². The zero-order valence-electron chi connectivity index (χ0n) is 11.1. The van der Waals surface area contributed by atoms with Crippen molar-refractivity contribution in [2.75, 3.05) is 0 Å². The molecule has 2 unspecified atom stereocenters. The van der Waals surface area contributed by atoms with Crippen molar-refractivity contribution >= 4 is 0 Å². The topological polar surface area (TPSA) is 62.7 Å². The van der Waals surface area contributed by atoms with E-state index in [2.05, 4.69) is 17.1 Å². The highest BCUT2D eigenvalue weighted by Gasteiger charge is 2.27. The van der Waals surface area contributed by atoms with Gasteiger partial charge in [-0.05, 0) is 37.3 Å². The molecule has 1 heterocycles. The number of rotatable bonds is 2. The average Bonchev–Trinajstić information content (AvgIpc) is 3.07. The molecule has 0 amide bonds. The van der Waals surface area contributed by atoms with Crippen LogP contribution in [0.5, 0.6) is 0 Å². The summed E-state index contributed by atoms with van der Waals surface area (Å²) in [6, 6.07) is 6.25. The summed E-state index contributed by atoms with van der Waals surface area (Å²) in [6.45, 7) is 2.21. The largest absolute Gasteiger partial charge is 0.334 e. The Balaban J connectivity index is 1.95. The SMILES string of the molecule is CC1CCC(c2noc(-c3cccc(F)c3C#N)n2)C1. The Bertz CT molecular complexity index is 674. The number of hydrogen-bond donors (Lipinski definition) is 0. The summed E-state index contributed by atoms with van der Waals surface area (Å²) < 4.78 is 18.8. The van der Waals surface area contributed by atoms with Gasteiger partial charge in [0.2, 0.25) is 0 Å². The molecule has 0 radical (unpaired) electrons. The van der Waals surface area contributed by atoms with E-state index in [1.54, 1.807) is 6.07 Å². The number of nitriles is 1. The third kappa shape index (κ3) is 2.18. The quantitative estimate of drug-likeness (QED) is 0.836. The van der Waals surface area contributed by atoms with Gasteiger partial charge in [-0.15, -0.1) is 0 Å². The van der Waals surface area contributed by atoms with Crippen LogP contribution in [0.25, 0.3) is 11.5 Å². The van der Waals surface area contributed by atoms with Crippen molar-refractivity contribution in [2.24, 2.45) is 5.92 Å². The maximum atomic E-state index is 13.6. The smallest absolute Gasteiger partial charge is 0.259 e. The summed E-state index contributed by atoms with van der Waals surface area (Å²) in [5.74, 6) is 1.29. The third-order valence-corrected chi connectivity index (χ3v) is 3.86. The number of aromatic nitrogens is 2. The molecule has 1 aliphatic carbocycles. The van der Waals surface area contributed by atoms with Gasteiger partial charge >= 0.3 is 0 Å². The van der Waals surface area contributed by atoms with Crippen molar-refractivity contribution in [3.05, 3.63) is 35.4 Å². The van der Waals surface area contributed by atoms with Crippen molar-refractivity contribution in [1.82, 2.24) is 10.1 Å². The minimum atomic E-state index is -0.570. The first-order valence-corrected chi connectivity index (χ1v) is 6.71. The lowest BCUT2D eigenvalue weighted by Crippen LogP contribution is -1.96. The Hall–Kier alpha value is -2.22. The zero-order valence-corrected chi connectivity index (χ0v) is 11.1. The second-order valence-corrected chi connectivity index (χ2v) is 5.35. The molecular weight excluding hydrogens is 257 g/mol. The summed E-state index contributed by atoms with van der Waals surface area (Å²) in [5.41, 5.74) is 0.305. The highest BCUT2D eigenvalue weighted by molar-refractivity contribution is 5.63. The van der Waals surface area contributed by atoms with Crippen molar-refractivity contribution < 1.29 is 8.91 Å². The molecule has 2 atom stereocenters. The number of halogens is 1. The van der Waals surface area contributed by atoms with Crippen LogP contribution in [-0.2, 0) is 0 Å². The van der Waals surface area contributed by atoms with Crippen LogP contribution in [0.3, 0.4) is 0 Å². The second-order valence-electron chi connectivity index (χ2n) is 5.35. The van der Waals surface area contributed by atoms with Crippen LogP contribution in [0, 0.1) is 23.1 Å². The molecule has 1 aliphatic rings. The Labute approximate surface area is 116 Å². The molecular formula is C15H14FN3O. The Kier molecular flexibility index (Phi) is 3.23. The van der Waals surface area contributed by atoms with Crippen molar-refractivity contribution in [1.29, 1.82) is 5.26 Å². The third-order valence-electron chi connectivity index (χ3n) is 3.86. The average molecular weight is 271 g/mol. The van der Waals surface area contributed by atoms with E-state index in [0.29, 0.717) is 23.2 Å². The van der Waals surface area contributed by atoms with Gasteiger partial charge in [0.05, 0.1) is 5.56 Å². The molecule has 0 aliphatic heterocycles. The van der Waals surface area contributed by atoms with Gasteiger partial charge in [0, 0.05) is 5.92 Å². The molecule has 2 aromatic rings. The van der Waals surface area contributed by atoms with E-state index in [0.717, 1.165) is 19.3 Å². The van der Waals surface area contributed by atoms with E-state index >= 15 is 0 Å². The van der Waals surface area contributed by atoms with E-state index < -0.39 is 5.82 Å². The monoisotopic (exact) mass is 271 g/mol. The number of benzene rings is 1. The summed E-state index contributed by atoms with van der Waals surface area (Å²) in [6.07, 6.45) is 3.26. The molecule has 20 heavy (non-hydrogen) atoms. The molecule has 4 nitrogen and oxygen atoms in total. The lowest BCUT2D eigenvalue weighted by atomic mass is 10.1. The minimum absolute atomic E-state index is 0.0533. The number of nitrogens with zero attached hydrogens (tertiary/aromatic N) is 3. The molecule has 1 saturated carbocycles. The van der Waals surface area contributed by atoms with E-state index in [1.807, 2.05) is 6.07 Å². The van der Waals surface area contributed by atoms with Gasteiger partial charge in [-0.2, -0.15) is 10.2 Å². The molecule has 0 bridgehead atoms. The van der Waals surface area contributed by atoms with Gasteiger partial charge in [-0.1, -0.05) is 18.1 Å².